The molecule has 3 aromatic rings. The Morgan fingerprint density at radius 1 is 1.31 bits per heavy atom. The van der Waals surface area contributed by atoms with Crippen LogP contribution in [-0.2, 0) is 4.74 Å². The summed E-state index contributed by atoms with van der Waals surface area (Å²) in [6.45, 7) is 2.66. The fourth-order valence-electron chi connectivity index (χ4n) is 2.90. The van der Waals surface area contributed by atoms with Crippen molar-refractivity contribution in [2.45, 2.75) is 0 Å². The minimum atomic E-state index is -0.575. The molecular weight excluding hydrogens is 341 g/mol. The molecule has 0 aromatic carbocycles. The summed E-state index contributed by atoms with van der Waals surface area (Å²) < 4.78 is 19.8. The number of ether oxygens (including phenoxy) is 1. The highest BCUT2D eigenvalue weighted by molar-refractivity contribution is 6.12. The molecule has 1 aliphatic rings. The average molecular weight is 357 g/mol. The average Bonchev–Trinajstić information content (AvgIpc) is 2.97. The van der Waals surface area contributed by atoms with Gasteiger partial charge in [0.25, 0.3) is 5.91 Å². The maximum atomic E-state index is 13.3. The van der Waals surface area contributed by atoms with E-state index in [-0.39, 0.29) is 17.0 Å². The van der Waals surface area contributed by atoms with Crippen LogP contribution >= 0.6 is 0 Å². The number of hydrogen-bond acceptors (Lipinski definition) is 7. The summed E-state index contributed by atoms with van der Waals surface area (Å²) in [6, 6.07) is 1.83. The number of hydrogen-bond donors (Lipinski definition) is 2. The zero-order chi connectivity index (χ0) is 18.1. The van der Waals surface area contributed by atoms with E-state index in [2.05, 4.69) is 25.3 Å². The van der Waals surface area contributed by atoms with Crippen LogP contribution in [-0.4, -0.2) is 51.8 Å². The van der Waals surface area contributed by atoms with Crippen LogP contribution in [0.4, 0.5) is 21.6 Å². The van der Waals surface area contributed by atoms with Crippen molar-refractivity contribution in [2.24, 2.45) is 0 Å². The number of morpholine rings is 1. The lowest BCUT2D eigenvalue weighted by molar-refractivity contribution is 0.102. The quantitative estimate of drug-likeness (QED) is 0.717. The first-order valence-electron chi connectivity index (χ1n) is 8.01. The highest BCUT2D eigenvalue weighted by Crippen LogP contribution is 2.27. The Balaban J connectivity index is 1.66. The minimum Gasteiger partial charge on any atom is -0.381 e. The van der Waals surface area contributed by atoms with Crippen molar-refractivity contribution in [3.8, 4) is 0 Å². The van der Waals surface area contributed by atoms with Gasteiger partial charge in [-0.2, -0.15) is 0 Å². The van der Waals surface area contributed by atoms with Crippen LogP contribution in [0, 0.1) is 5.82 Å². The molecule has 10 heteroatoms. The van der Waals surface area contributed by atoms with Crippen molar-refractivity contribution in [3.63, 3.8) is 0 Å². The van der Waals surface area contributed by atoms with E-state index < -0.39 is 11.7 Å². The summed E-state index contributed by atoms with van der Waals surface area (Å²) in [5.74, 6) is -1.09. The fraction of sp³-hybridized carbons (Fsp3) is 0.250. The minimum absolute atomic E-state index is 0.0302. The monoisotopic (exact) mass is 357 g/mol. The Labute approximate surface area is 147 Å². The molecule has 4 rings (SSSR count). The second-order valence-corrected chi connectivity index (χ2v) is 5.75. The van der Waals surface area contributed by atoms with Crippen LogP contribution in [0.15, 0.2) is 30.9 Å². The van der Waals surface area contributed by atoms with Crippen molar-refractivity contribution in [2.75, 3.05) is 42.3 Å². The van der Waals surface area contributed by atoms with Crippen molar-refractivity contribution in [3.05, 3.63) is 42.2 Å². The molecule has 4 heterocycles. The van der Waals surface area contributed by atoms with Crippen LogP contribution in [0.1, 0.15) is 10.4 Å². The van der Waals surface area contributed by atoms with Gasteiger partial charge in [0.05, 0.1) is 43.2 Å². The third-order valence-corrected chi connectivity index (χ3v) is 4.09. The molecule has 3 aromatic heterocycles. The lowest BCUT2D eigenvalue weighted by Crippen LogP contribution is -2.36. The molecule has 0 aliphatic carbocycles. The molecule has 0 spiro atoms. The summed E-state index contributed by atoms with van der Waals surface area (Å²) in [5, 5.41) is 6.74. The Bertz CT molecular complexity index is 968. The Morgan fingerprint density at radius 2 is 2.12 bits per heavy atom. The van der Waals surface area contributed by atoms with Gasteiger partial charge in [-0.15, -0.1) is 5.10 Å². The van der Waals surface area contributed by atoms with E-state index in [1.807, 2.05) is 6.07 Å². The van der Waals surface area contributed by atoms with Gasteiger partial charge in [-0.1, -0.05) is 0 Å². The molecular formula is C16H16FN7O2. The second kappa shape index (κ2) is 6.56. The van der Waals surface area contributed by atoms with Gasteiger partial charge in [0.15, 0.2) is 17.3 Å². The second-order valence-electron chi connectivity index (χ2n) is 5.75. The Kier molecular flexibility index (Phi) is 4.09. The molecule has 134 valence electrons. The number of carbonyl (C=O) groups is 1. The van der Waals surface area contributed by atoms with E-state index in [9.17, 15) is 9.18 Å². The van der Waals surface area contributed by atoms with Gasteiger partial charge in [0, 0.05) is 19.3 Å². The van der Waals surface area contributed by atoms with E-state index in [1.165, 1.54) is 0 Å². The number of amides is 1. The summed E-state index contributed by atoms with van der Waals surface area (Å²) in [4.78, 5) is 22.9. The standard InChI is InChI=1S/C16H16FN7O2/c17-10-7-20-15-13(14(18)22-24(15)9-10)16(25)21-11-8-19-2-1-12(11)23-3-5-26-6-4-23/h1-2,7-9H,3-6H2,(H2,18,22)(H,21,25). The number of fused-ring (bicyclic) bond motifs is 1. The van der Waals surface area contributed by atoms with Gasteiger partial charge < -0.3 is 20.7 Å². The van der Waals surface area contributed by atoms with Gasteiger partial charge in [0.1, 0.15) is 5.56 Å². The van der Waals surface area contributed by atoms with E-state index >= 15 is 0 Å². The summed E-state index contributed by atoms with van der Waals surface area (Å²) in [6.07, 6.45) is 5.35. The molecule has 1 aliphatic heterocycles. The number of nitrogens with zero attached hydrogens (tertiary/aromatic N) is 5. The molecule has 26 heavy (non-hydrogen) atoms. The van der Waals surface area contributed by atoms with Crippen molar-refractivity contribution >= 4 is 28.7 Å². The summed E-state index contributed by atoms with van der Waals surface area (Å²) in [7, 11) is 0. The third kappa shape index (κ3) is 2.90. The predicted molar refractivity (Wildman–Crippen MR) is 92.6 cm³/mol. The number of rotatable bonds is 3. The van der Waals surface area contributed by atoms with Gasteiger partial charge in [-0.3, -0.25) is 9.78 Å². The smallest absolute Gasteiger partial charge is 0.263 e. The number of anilines is 3. The third-order valence-electron chi connectivity index (χ3n) is 4.09. The number of aromatic nitrogens is 4. The van der Waals surface area contributed by atoms with E-state index in [0.29, 0.717) is 32.0 Å². The van der Waals surface area contributed by atoms with Gasteiger partial charge in [-0.05, 0) is 6.07 Å². The number of carbonyl (C=O) groups excluding carboxylic acids is 1. The maximum Gasteiger partial charge on any atom is 0.263 e. The molecule has 0 unspecified atom stereocenters. The highest BCUT2D eigenvalue weighted by atomic mass is 19.1. The number of halogens is 1. The zero-order valence-corrected chi connectivity index (χ0v) is 13.7. The number of nitrogens with two attached hydrogens (primary N) is 1. The maximum absolute atomic E-state index is 13.3. The number of nitrogens with one attached hydrogen (secondary N) is 1. The fourth-order valence-corrected chi connectivity index (χ4v) is 2.90. The molecule has 0 radical (unpaired) electrons. The van der Waals surface area contributed by atoms with Crippen molar-refractivity contribution in [1.29, 1.82) is 0 Å². The normalized spacial score (nSPS) is 14.6. The van der Waals surface area contributed by atoms with Crippen molar-refractivity contribution in [1.82, 2.24) is 19.6 Å². The predicted octanol–water partition coefficient (Wildman–Crippen LogP) is 0.934. The van der Waals surface area contributed by atoms with Gasteiger partial charge >= 0.3 is 0 Å². The summed E-state index contributed by atoms with van der Waals surface area (Å²) in [5.41, 5.74) is 7.49. The van der Waals surface area contributed by atoms with Crippen LogP contribution in [0.5, 0.6) is 0 Å². The van der Waals surface area contributed by atoms with Gasteiger partial charge in [0.2, 0.25) is 0 Å². The lowest BCUT2D eigenvalue weighted by Gasteiger charge is -2.30. The van der Waals surface area contributed by atoms with Gasteiger partial charge in [-0.25, -0.2) is 13.9 Å². The first kappa shape index (κ1) is 16.2. The first-order valence-corrected chi connectivity index (χ1v) is 8.01. The lowest BCUT2D eigenvalue weighted by atomic mass is 10.2. The zero-order valence-electron chi connectivity index (χ0n) is 13.7. The van der Waals surface area contributed by atoms with Crippen LogP contribution in [0.3, 0.4) is 0 Å². The van der Waals surface area contributed by atoms with E-state index in [0.717, 1.165) is 22.6 Å². The van der Waals surface area contributed by atoms with Crippen LogP contribution in [0.25, 0.3) is 5.65 Å². The SMILES string of the molecule is Nc1nn2cc(F)cnc2c1C(=O)Nc1cnccc1N1CCOCC1. The Morgan fingerprint density at radius 3 is 2.92 bits per heavy atom. The number of nitrogen functional groups attached to an aromatic ring is 1. The van der Waals surface area contributed by atoms with E-state index in [1.54, 1.807) is 12.4 Å². The largest absolute Gasteiger partial charge is 0.381 e. The molecule has 1 fully saturated rings. The topological polar surface area (TPSA) is 111 Å². The molecule has 0 saturated carbocycles. The molecule has 1 saturated heterocycles. The van der Waals surface area contributed by atoms with Crippen LogP contribution in [0.2, 0.25) is 0 Å². The first-order chi connectivity index (χ1) is 12.6. The molecule has 0 bridgehead atoms. The van der Waals surface area contributed by atoms with Crippen molar-refractivity contribution < 1.29 is 13.9 Å². The molecule has 3 N–H and O–H groups in total. The highest BCUT2D eigenvalue weighted by Gasteiger charge is 2.22. The van der Waals surface area contributed by atoms with Crippen LogP contribution < -0.4 is 16.0 Å². The van der Waals surface area contributed by atoms with E-state index in [4.69, 9.17) is 10.5 Å². The molecule has 0 atom stereocenters. The Hall–Kier alpha value is -3.27. The molecule has 9 nitrogen and oxygen atoms in total. The number of pyridine rings is 1. The summed E-state index contributed by atoms with van der Waals surface area (Å²) >= 11 is 0. The molecule has 1 amide bonds.